The van der Waals surface area contributed by atoms with Crippen molar-refractivity contribution in [3.8, 4) is 0 Å². The normalized spacial score (nSPS) is 9.47. The number of amides is 2. The molecule has 0 fully saturated rings. The van der Waals surface area contributed by atoms with Crippen LogP contribution in [0.15, 0.2) is 36.9 Å². The number of carbonyl (C=O) groups is 2. The van der Waals surface area contributed by atoms with Crippen molar-refractivity contribution >= 4 is 29.1 Å². The molecule has 2 N–H and O–H groups in total. The van der Waals surface area contributed by atoms with Crippen molar-refractivity contribution in [1.82, 2.24) is 5.32 Å². The Morgan fingerprint density at radius 2 is 1.88 bits per heavy atom. The molecule has 0 heterocycles. The van der Waals surface area contributed by atoms with Crippen LogP contribution in [0.5, 0.6) is 0 Å². The first kappa shape index (κ1) is 13.3. The largest absolute Gasteiger partial charge is 0.352 e. The summed E-state index contributed by atoms with van der Waals surface area (Å²) in [6, 6.07) is 6.66. The Bertz CT molecular complexity index is 415. The van der Waals surface area contributed by atoms with Crippen molar-refractivity contribution in [1.29, 1.82) is 0 Å². The smallest absolute Gasteiger partial charge is 0.233 e. The average molecular weight is 253 g/mol. The third-order valence-corrected chi connectivity index (χ3v) is 2.14. The number of hydrogen-bond acceptors (Lipinski definition) is 2. The maximum atomic E-state index is 11.4. The average Bonchev–Trinajstić information content (AvgIpc) is 2.29. The summed E-state index contributed by atoms with van der Waals surface area (Å²) in [4.78, 5) is 22.7. The zero-order valence-corrected chi connectivity index (χ0v) is 9.96. The molecule has 1 aromatic rings. The third-order valence-electron chi connectivity index (χ3n) is 1.89. The molecule has 0 atom stereocenters. The van der Waals surface area contributed by atoms with E-state index in [9.17, 15) is 9.59 Å². The van der Waals surface area contributed by atoms with E-state index in [4.69, 9.17) is 11.6 Å². The molecule has 90 valence electrons. The predicted molar refractivity (Wildman–Crippen MR) is 67.9 cm³/mol. The second-order valence-electron chi connectivity index (χ2n) is 3.32. The van der Waals surface area contributed by atoms with E-state index in [2.05, 4.69) is 17.2 Å². The van der Waals surface area contributed by atoms with Crippen molar-refractivity contribution in [2.24, 2.45) is 0 Å². The Morgan fingerprint density at radius 1 is 1.24 bits per heavy atom. The van der Waals surface area contributed by atoms with Gasteiger partial charge in [-0.1, -0.05) is 17.7 Å². The zero-order chi connectivity index (χ0) is 12.7. The van der Waals surface area contributed by atoms with Crippen LogP contribution in [0.25, 0.3) is 0 Å². The fraction of sp³-hybridized carbons (Fsp3) is 0.167. The van der Waals surface area contributed by atoms with E-state index < -0.39 is 0 Å². The molecule has 0 aliphatic carbocycles. The number of hydrogen-bond donors (Lipinski definition) is 2. The molecule has 0 aliphatic heterocycles. The quantitative estimate of drug-likeness (QED) is 0.622. The SMILES string of the molecule is C=CCNC(=O)CC(=O)Nc1ccc(Cl)cc1. The second kappa shape index (κ2) is 6.70. The van der Waals surface area contributed by atoms with E-state index in [-0.39, 0.29) is 18.2 Å². The standard InChI is InChI=1S/C12H13ClN2O2/c1-2-7-14-11(16)8-12(17)15-10-5-3-9(13)4-6-10/h2-6H,1,7-8H2,(H,14,16)(H,15,17). The van der Waals surface area contributed by atoms with Gasteiger partial charge in [-0.2, -0.15) is 0 Å². The molecule has 17 heavy (non-hydrogen) atoms. The van der Waals surface area contributed by atoms with Gasteiger partial charge in [0.2, 0.25) is 11.8 Å². The lowest BCUT2D eigenvalue weighted by molar-refractivity contribution is -0.126. The Morgan fingerprint density at radius 3 is 2.47 bits per heavy atom. The van der Waals surface area contributed by atoms with Crippen LogP contribution >= 0.6 is 11.6 Å². The van der Waals surface area contributed by atoms with Gasteiger partial charge in [-0.3, -0.25) is 9.59 Å². The summed E-state index contributed by atoms with van der Waals surface area (Å²) < 4.78 is 0. The lowest BCUT2D eigenvalue weighted by Crippen LogP contribution is -2.28. The van der Waals surface area contributed by atoms with Crippen LogP contribution in [0.3, 0.4) is 0 Å². The lowest BCUT2D eigenvalue weighted by atomic mass is 10.3. The van der Waals surface area contributed by atoms with Gasteiger partial charge >= 0.3 is 0 Å². The molecule has 0 saturated carbocycles. The first-order valence-corrected chi connectivity index (χ1v) is 5.42. The maximum absolute atomic E-state index is 11.4. The van der Waals surface area contributed by atoms with Gasteiger partial charge in [0.1, 0.15) is 6.42 Å². The first-order valence-electron chi connectivity index (χ1n) is 5.05. The first-order chi connectivity index (χ1) is 8.11. The summed E-state index contributed by atoms with van der Waals surface area (Å²) in [7, 11) is 0. The molecule has 1 aromatic carbocycles. The van der Waals surface area contributed by atoms with Crippen LogP contribution < -0.4 is 10.6 Å². The highest BCUT2D eigenvalue weighted by atomic mass is 35.5. The molecule has 0 saturated heterocycles. The minimum Gasteiger partial charge on any atom is -0.352 e. The summed E-state index contributed by atoms with van der Waals surface area (Å²) >= 11 is 5.70. The molecule has 0 radical (unpaired) electrons. The molecular formula is C12H13ClN2O2. The van der Waals surface area contributed by atoms with Gasteiger partial charge in [0.15, 0.2) is 0 Å². The summed E-state index contributed by atoms with van der Waals surface area (Å²) in [5.74, 6) is -0.703. The molecule has 2 amide bonds. The molecule has 0 bridgehead atoms. The van der Waals surface area contributed by atoms with Gasteiger partial charge in [-0.25, -0.2) is 0 Å². The summed E-state index contributed by atoms with van der Waals surface area (Å²) in [6.07, 6.45) is 1.34. The Labute approximate surface area is 105 Å². The van der Waals surface area contributed by atoms with Gasteiger partial charge in [0.25, 0.3) is 0 Å². The maximum Gasteiger partial charge on any atom is 0.233 e. The number of carbonyl (C=O) groups excluding carboxylic acids is 2. The zero-order valence-electron chi connectivity index (χ0n) is 9.20. The van der Waals surface area contributed by atoms with Crippen LogP contribution in [-0.2, 0) is 9.59 Å². The fourth-order valence-corrected chi connectivity index (χ4v) is 1.26. The molecule has 1 rings (SSSR count). The van der Waals surface area contributed by atoms with Gasteiger partial charge in [0.05, 0.1) is 0 Å². The van der Waals surface area contributed by atoms with Crippen molar-refractivity contribution in [2.45, 2.75) is 6.42 Å². The highest BCUT2D eigenvalue weighted by Gasteiger charge is 2.08. The molecular weight excluding hydrogens is 240 g/mol. The summed E-state index contributed by atoms with van der Waals surface area (Å²) in [5, 5.41) is 5.70. The van der Waals surface area contributed by atoms with Gasteiger partial charge < -0.3 is 10.6 Å². The monoisotopic (exact) mass is 252 g/mol. The van der Waals surface area contributed by atoms with Crippen LogP contribution in [0.4, 0.5) is 5.69 Å². The number of nitrogens with one attached hydrogen (secondary N) is 2. The third kappa shape index (κ3) is 5.17. The molecule has 5 heteroatoms. The minimum atomic E-state index is -0.367. The van der Waals surface area contributed by atoms with Crippen molar-refractivity contribution in [3.63, 3.8) is 0 Å². The Kier molecular flexibility index (Phi) is 5.23. The second-order valence-corrected chi connectivity index (χ2v) is 3.76. The van der Waals surface area contributed by atoms with Crippen LogP contribution in [0, 0.1) is 0 Å². The Balaban J connectivity index is 2.41. The van der Waals surface area contributed by atoms with Crippen molar-refractivity contribution in [2.75, 3.05) is 11.9 Å². The van der Waals surface area contributed by atoms with Crippen molar-refractivity contribution in [3.05, 3.63) is 41.9 Å². The van der Waals surface area contributed by atoms with Crippen LogP contribution in [0.2, 0.25) is 5.02 Å². The molecule has 4 nitrogen and oxygen atoms in total. The van der Waals surface area contributed by atoms with E-state index in [1.807, 2.05) is 0 Å². The van der Waals surface area contributed by atoms with Gasteiger partial charge in [-0.05, 0) is 24.3 Å². The Hall–Kier alpha value is -1.81. The lowest BCUT2D eigenvalue weighted by Gasteiger charge is -2.05. The fourth-order valence-electron chi connectivity index (χ4n) is 1.13. The molecule has 0 spiro atoms. The summed E-state index contributed by atoms with van der Waals surface area (Å²) in [6.45, 7) is 3.81. The highest BCUT2D eigenvalue weighted by Crippen LogP contribution is 2.13. The van der Waals surface area contributed by atoms with Crippen LogP contribution in [-0.4, -0.2) is 18.4 Å². The summed E-state index contributed by atoms with van der Waals surface area (Å²) in [5.41, 5.74) is 0.607. The van der Waals surface area contributed by atoms with E-state index in [1.54, 1.807) is 30.3 Å². The predicted octanol–water partition coefficient (Wildman–Crippen LogP) is 1.97. The van der Waals surface area contributed by atoms with Crippen molar-refractivity contribution < 1.29 is 9.59 Å². The van der Waals surface area contributed by atoms with E-state index >= 15 is 0 Å². The number of halogens is 1. The van der Waals surface area contributed by atoms with Gasteiger partial charge in [-0.15, -0.1) is 6.58 Å². The highest BCUT2D eigenvalue weighted by molar-refractivity contribution is 6.30. The number of benzene rings is 1. The van der Waals surface area contributed by atoms with Gasteiger partial charge in [0, 0.05) is 17.3 Å². The molecule has 0 unspecified atom stereocenters. The topological polar surface area (TPSA) is 58.2 Å². The minimum absolute atomic E-state index is 0.212. The van der Waals surface area contributed by atoms with Crippen LogP contribution in [0.1, 0.15) is 6.42 Å². The van der Waals surface area contributed by atoms with E-state index in [0.29, 0.717) is 17.3 Å². The van der Waals surface area contributed by atoms with E-state index in [0.717, 1.165) is 0 Å². The molecule has 0 aliphatic rings. The van der Waals surface area contributed by atoms with E-state index in [1.165, 1.54) is 0 Å². The number of anilines is 1. The molecule has 0 aromatic heterocycles. The number of rotatable bonds is 5.